The molecule has 2 aromatic rings. The summed E-state index contributed by atoms with van der Waals surface area (Å²) in [6, 6.07) is 3.70. The highest BCUT2D eigenvalue weighted by Crippen LogP contribution is 2.18. The van der Waals surface area contributed by atoms with Crippen molar-refractivity contribution in [3.8, 4) is 6.07 Å². The van der Waals surface area contributed by atoms with E-state index in [1.54, 1.807) is 18.0 Å². The first kappa shape index (κ1) is 17.0. The molecule has 0 spiro atoms. The van der Waals surface area contributed by atoms with E-state index in [1.165, 1.54) is 23.0 Å². The molecule has 0 radical (unpaired) electrons. The maximum absolute atomic E-state index is 12.4. The quantitative estimate of drug-likeness (QED) is 0.751. The van der Waals surface area contributed by atoms with Crippen molar-refractivity contribution in [2.45, 2.75) is 0 Å². The van der Waals surface area contributed by atoms with E-state index in [4.69, 9.17) is 0 Å². The summed E-state index contributed by atoms with van der Waals surface area (Å²) in [4.78, 5) is 40.3. The molecule has 1 fully saturated rings. The van der Waals surface area contributed by atoms with Crippen molar-refractivity contribution in [3.05, 3.63) is 48.8 Å². The number of aromatic nitrogens is 2. The van der Waals surface area contributed by atoms with Crippen molar-refractivity contribution in [1.82, 2.24) is 14.0 Å². The van der Waals surface area contributed by atoms with E-state index in [2.05, 4.69) is 0 Å². The number of hydrogen-bond acceptors (Lipinski definition) is 6. The van der Waals surface area contributed by atoms with Crippen LogP contribution in [-0.2, 0) is 14.1 Å². The summed E-state index contributed by atoms with van der Waals surface area (Å²) >= 11 is 1.47. The van der Waals surface area contributed by atoms with Crippen LogP contribution in [0, 0.1) is 11.3 Å². The molecule has 1 aliphatic rings. The van der Waals surface area contributed by atoms with Crippen LogP contribution in [0.15, 0.2) is 26.4 Å². The number of carbonyl (C=O) groups excluding carboxylic acids is 1. The predicted molar refractivity (Wildman–Crippen MR) is 94.1 cm³/mol. The van der Waals surface area contributed by atoms with E-state index in [9.17, 15) is 19.6 Å². The number of rotatable bonds is 2. The Bertz CT molecular complexity index is 959. The fourth-order valence-corrected chi connectivity index (χ4v) is 3.62. The monoisotopic (exact) mass is 359 g/mol. The van der Waals surface area contributed by atoms with Crippen molar-refractivity contribution in [1.29, 1.82) is 5.26 Å². The Hall–Kier alpha value is -2.86. The lowest BCUT2D eigenvalue weighted by atomic mass is 10.2. The van der Waals surface area contributed by atoms with Crippen LogP contribution < -0.4 is 16.1 Å². The third-order valence-corrected chi connectivity index (χ3v) is 5.06. The Morgan fingerprint density at radius 1 is 1.16 bits per heavy atom. The summed E-state index contributed by atoms with van der Waals surface area (Å²) < 4.78 is 2.24. The molecule has 1 saturated heterocycles. The number of amides is 1. The topological polar surface area (TPSA) is 91.3 Å². The van der Waals surface area contributed by atoms with Gasteiger partial charge in [0.15, 0.2) is 5.56 Å². The molecule has 2 aromatic heterocycles. The normalized spacial score (nSPS) is 14.4. The third kappa shape index (κ3) is 2.85. The van der Waals surface area contributed by atoms with E-state index < -0.39 is 11.2 Å². The van der Waals surface area contributed by atoms with E-state index >= 15 is 0 Å². The van der Waals surface area contributed by atoms with E-state index in [-0.39, 0.29) is 11.5 Å². The van der Waals surface area contributed by atoms with Crippen molar-refractivity contribution in [2.75, 3.05) is 31.1 Å². The van der Waals surface area contributed by atoms with Crippen LogP contribution in [0.25, 0.3) is 0 Å². The number of nitrogens with zero attached hydrogens (tertiary/aromatic N) is 5. The SMILES string of the molecule is Cn1c(N2CCN(C(=O)c3ccsc3)CC2)c(C#N)c(=O)n(C)c1=O. The highest BCUT2D eigenvalue weighted by molar-refractivity contribution is 7.08. The zero-order valence-electron chi connectivity index (χ0n) is 13.9. The van der Waals surface area contributed by atoms with E-state index in [1.807, 2.05) is 21.7 Å². The van der Waals surface area contributed by atoms with Gasteiger partial charge in [-0.05, 0) is 11.4 Å². The number of piperazine rings is 1. The first-order valence-corrected chi connectivity index (χ1v) is 8.66. The fraction of sp³-hybridized carbons (Fsp3) is 0.375. The van der Waals surface area contributed by atoms with Crippen LogP contribution in [-0.4, -0.2) is 46.1 Å². The minimum absolute atomic E-state index is 0.0285. The van der Waals surface area contributed by atoms with Gasteiger partial charge in [0, 0.05) is 45.7 Å². The van der Waals surface area contributed by atoms with Crippen LogP contribution in [0.3, 0.4) is 0 Å². The predicted octanol–water partition coefficient (Wildman–Crippen LogP) is -0.0204. The molecule has 130 valence electrons. The third-order valence-electron chi connectivity index (χ3n) is 4.38. The molecule has 0 aliphatic carbocycles. The first-order chi connectivity index (χ1) is 12.0. The molecule has 3 heterocycles. The minimum Gasteiger partial charge on any atom is -0.353 e. The fourth-order valence-electron chi connectivity index (χ4n) is 2.99. The average molecular weight is 359 g/mol. The van der Waals surface area contributed by atoms with Gasteiger partial charge in [0.2, 0.25) is 0 Å². The van der Waals surface area contributed by atoms with Gasteiger partial charge in [0.1, 0.15) is 11.9 Å². The van der Waals surface area contributed by atoms with Crippen LogP contribution in [0.4, 0.5) is 5.82 Å². The van der Waals surface area contributed by atoms with Crippen LogP contribution in [0.2, 0.25) is 0 Å². The van der Waals surface area contributed by atoms with Gasteiger partial charge in [-0.15, -0.1) is 0 Å². The summed E-state index contributed by atoms with van der Waals surface area (Å²) in [5.41, 5.74) is -0.465. The van der Waals surface area contributed by atoms with Gasteiger partial charge >= 0.3 is 5.69 Å². The average Bonchev–Trinajstić information content (AvgIpc) is 3.17. The number of carbonyl (C=O) groups is 1. The van der Waals surface area contributed by atoms with Gasteiger partial charge in [-0.25, -0.2) is 4.79 Å². The minimum atomic E-state index is -0.600. The van der Waals surface area contributed by atoms with Crippen molar-refractivity contribution in [2.24, 2.45) is 14.1 Å². The van der Waals surface area contributed by atoms with Gasteiger partial charge in [-0.3, -0.25) is 18.7 Å². The molecule has 0 aromatic carbocycles. The van der Waals surface area contributed by atoms with Crippen LogP contribution in [0.1, 0.15) is 15.9 Å². The van der Waals surface area contributed by atoms with Gasteiger partial charge in [0.05, 0.1) is 5.56 Å². The number of thiophene rings is 1. The number of anilines is 1. The molecule has 0 N–H and O–H groups in total. The van der Waals surface area contributed by atoms with Gasteiger partial charge < -0.3 is 9.80 Å². The summed E-state index contributed by atoms with van der Waals surface area (Å²) in [5, 5.41) is 13.0. The summed E-state index contributed by atoms with van der Waals surface area (Å²) in [5.74, 6) is 0.289. The lowest BCUT2D eigenvalue weighted by molar-refractivity contribution is 0.0747. The van der Waals surface area contributed by atoms with Crippen molar-refractivity contribution >= 4 is 23.1 Å². The van der Waals surface area contributed by atoms with Gasteiger partial charge in [-0.1, -0.05) is 0 Å². The Morgan fingerprint density at radius 2 is 1.84 bits per heavy atom. The standard InChI is InChI=1S/C16H17N5O3S/c1-18-13(12(9-17)15(23)19(2)16(18)24)20-4-6-21(7-5-20)14(22)11-3-8-25-10-11/h3,8,10H,4-7H2,1-2H3. The van der Waals surface area contributed by atoms with E-state index in [0.717, 1.165) is 4.57 Å². The zero-order chi connectivity index (χ0) is 18.1. The second-order valence-corrected chi connectivity index (χ2v) is 6.59. The molecule has 3 rings (SSSR count). The summed E-state index contributed by atoms with van der Waals surface area (Å²) in [6.07, 6.45) is 0. The maximum atomic E-state index is 12.4. The largest absolute Gasteiger partial charge is 0.353 e. The van der Waals surface area contributed by atoms with Crippen molar-refractivity contribution in [3.63, 3.8) is 0 Å². The van der Waals surface area contributed by atoms with Gasteiger partial charge in [0.25, 0.3) is 11.5 Å². The van der Waals surface area contributed by atoms with E-state index in [0.29, 0.717) is 37.6 Å². The highest BCUT2D eigenvalue weighted by Gasteiger charge is 2.27. The Balaban J connectivity index is 1.87. The molecule has 1 aliphatic heterocycles. The first-order valence-electron chi connectivity index (χ1n) is 7.72. The smallest absolute Gasteiger partial charge is 0.332 e. The summed E-state index contributed by atoms with van der Waals surface area (Å²) in [7, 11) is 2.90. The number of hydrogen-bond donors (Lipinski definition) is 0. The molecule has 0 saturated carbocycles. The molecule has 0 unspecified atom stereocenters. The molecule has 8 nitrogen and oxygen atoms in total. The molecule has 9 heteroatoms. The molecule has 0 bridgehead atoms. The Labute approximate surface area is 147 Å². The van der Waals surface area contributed by atoms with Gasteiger partial charge in [-0.2, -0.15) is 16.6 Å². The second kappa shape index (κ2) is 6.57. The second-order valence-electron chi connectivity index (χ2n) is 5.81. The molecular formula is C16H17N5O3S. The Kier molecular flexibility index (Phi) is 4.46. The lowest BCUT2D eigenvalue weighted by Crippen LogP contribution is -2.51. The maximum Gasteiger partial charge on any atom is 0.332 e. The molecule has 0 atom stereocenters. The molecule has 25 heavy (non-hydrogen) atoms. The van der Waals surface area contributed by atoms with Crippen LogP contribution in [0.5, 0.6) is 0 Å². The zero-order valence-corrected chi connectivity index (χ0v) is 14.7. The highest BCUT2D eigenvalue weighted by atomic mass is 32.1. The number of nitriles is 1. The lowest BCUT2D eigenvalue weighted by Gasteiger charge is -2.36. The van der Waals surface area contributed by atoms with Crippen molar-refractivity contribution < 1.29 is 4.79 Å². The Morgan fingerprint density at radius 3 is 2.40 bits per heavy atom. The molecular weight excluding hydrogens is 342 g/mol. The van der Waals surface area contributed by atoms with Crippen LogP contribution >= 0.6 is 11.3 Å². The summed E-state index contributed by atoms with van der Waals surface area (Å²) in [6.45, 7) is 1.82. The molecule has 1 amide bonds.